The molecule has 35 heavy (non-hydrogen) atoms. The van der Waals surface area contributed by atoms with Gasteiger partial charge in [-0.05, 0) is 62.4 Å². The molecule has 0 saturated carbocycles. The SMILES string of the molecule is CCN(C(=O)C(c1ccccc1)c1ccccc1)[C@H]1C[C@@H](c2ccccc2)OC2(CCNCC2)C1. The van der Waals surface area contributed by atoms with Crippen LogP contribution in [0.3, 0.4) is 0 Å². The summed E-state index contributed by atoms with van der Waals surface area (Å²) in [4.78, 5) is 16.5. The maximum Gasteiger partial charge on any atom is 0.234 e. The molecule has 1 N–H and O–H groups in total. The first-order valence-electron chi connectivity index (χ1n) is 13.0. The highest BCUT2D eigenvalue weighted by molar-refractivity contribution is 5.87. The van der Waals surface area contributed by atoms with Crippen LogP contribution in [0.15, 0.2) is 91.0 Å². The average molecular weight is 469 g/mol. The number of carbonyl (C=O) groups excluding carboxylic acids is 1. The van der Waals surface area contributed by atoms with Crippen molar-refractivity contribution in [1.82, 2.24) is 10.2 Å². The summed E-state index contributed by atoms with van der Waals surface area (Å²) < 4.78 is 6.86. The molecular weight excluding hydrogens is 432 g/mol. The Morgan fingerprint density at radius 2 is 1.46 bits per heavy atom. The van der Waals surface area contributed by atoms with E-state index in [-0.39, 0.29) is 29.6 Å². The lowest BCUT2D eigenvalue weighted by Crippen LogP contribution is -2.55. The Labute approximate surface area is 209 Å². The molecule has 182 valence electrons. The van der Waals surface area contributed by atoms with Gasteiger partial charge in [0.05, 0.1) is 17.6 Å². The normalized spacial score (nSPS) is 21.7. The molecule has 0 unspecified atom stereocenters. The zero-order valence-corrected chi connectivity index (χ0v) is 20.6. The lowest BCUT2D eigenvalue weighted by atomic mass is 9.79. The molecule has 0 aliphatic carbocycles. The van der Waals surface area contributed by atoms with Crippen LogP contribution in [0.2, 0.25) is 0 Å². The number of likely N-dealkylation sites (N-methyl/N-ethyl adjacent to an activating group) is 1. The molecule has 4 nitrogen and oxygen atoms in total. The van der Waals surface area contributed by atoms with E-state index in [2.05, 4.69) is 71.7 Å². The molecule has 2 fully saturated rings. The lowest BCUT2D eigenvalue weighted by molar-refractivity contribution is -0.171. The van der Waals surface area contributed by atoms with E-state index in [0.717, 1.165) is 49.9 Å². The highest BCUT2D eigenvalue weighted by atomic mass is 16.5. The van der Waals surface area contributed by atoms with Gasteiger partial charge in [-0.1, -0.05) is 91.0 Å². The molecule has 1 spiro atoms. The van der Waals surface area contributed by atoms with Crippen LogP contribution < -0.4 is 5.32 Å². The standard InChI is InChI=1S/C31H36N2O2/c1-2-33(30(34)29(25-14-8-4-9-15-25)26-16-10-5-11-17-26)27-22-28(24-12-6-3-7-13-24)35-31(23-27)18-20-32-21-19-31/h3-17,27-29,32H,2,18-23H2,1H3/t27-,28-/m0/s1. The fraction of sp³-hybridized carbons (Fsp3) is 0.387. The molecule has 0 bridgehead atoms. The number of piperidine rings is 1. The van der Waals surface area contributed by atoms with Crippen molar-refractivity contribution in [1.29, 1.82) is 0 Å². The largest absolute Gasteiger partial charge is 0.367 e. The third kappa shape index (κ3) is 5.19. The Morgan fingerprint density at radius 1 is 0.914 bits per heavy atom. The number of hydrogen-bond donors (Lipinski definition) is 1. The summed E-state index contributed by atoms with van der Waals surface area (Å²) in [5.74, 6) is -0.118. The van der Waals surface area contributed by atoms with Crippen molar-refractivity contribution in [3.05, 3.63) is 108 Å². The number of nitrogens with one attached hydrogen (secondary N) is 1. The van der Waals surface area contributed by atoms with Gasteiger partial charge in [0.2, 0.25) is 5.91 Å². The van der Waals surface area contributed by atoms with Gasteiger partial charge in [0, 0.05) is 12.6 Å². The summed E-state index contributed by atoms with van der Waals surface area (Å²) in [6.45, 7) is 4.73. The molecule has 3 aromatic rings. The summed E-state index contributed by atoms with van der Waals surface area (Å²) in [5.41, 5.74) is 3.12. The van der Waals surface area contributed by atoms with Crippen LogP contribution in [-0.2, 0) is 9.53 Å². The molecule has 2 aliphatic rings. The quantitative estimate of drug-likeness (QED) is 0.504. The summed E-state index contributed by atoms with van der Waals surface area (Å²) in [6, 6.07) is 31.1. The van der Waals surface area contributed by atoms with Crippen molar-refractivity contribution in [2.75, 3.05) is 19.6 Å². The molecule has 5 rings (SSSR count). The minimum absolute atomic E-state index is 0.00167. The van der Waals surface area contributed by atoms with Gasteiger partial charge < -0.3 is 15.0 Å². The van der Waals surface area contributed by atoms with Crippen LogP contribution >= 0.6 is 0 Å². The third-order valence-corrected chi connectivity index (χ3v) is 7.75. The number of rotatable bonds is 6. The number of benzene rings is 3. The molecule has 0 radical (unpaired) electrons. The number of amides is 1. The smallest absolute Gasteiger partial charge is 0.234 e. The van der Waals surface area contributed by atoms with Crippen molar-refractivity contribution in [3.63, 3.8) is 0 Å². The molecule has 2 saturated heterocycles. The van der Waals surface area contributed by atoms with Crippen LogP contribution in [-0.4, -0.2) is 42.1 Å². The van der Waals surface area contributed by atoms with Gasteiger partial charge in [0.25, 0.3) is 0 Å². The van der Waals surface area contributed by atoms with E-state index in [4.69, 9.17) is 4.74 Å². The highest BCUT2D eigenvalue weighted by Gasteiger charge is 2.45. The average Bonchev–Trinajstić information content (AvgIpc) is 2.91. The molecule has 3 aromatic carbocycles. The first kappa shape index (κ1) is 23.8. The highest BCUT2D eigenvalue weighted by Crippen LogP contribution is 2.44. The number of ether oxygens (including phenoxy) is 1. The fourth-order valence-corrected chi connectivity index (χ4v) is 6.00. The Kier molecular flexibility index (Phi) is 7.31. The van der Waals surface area contributed by atoms with Gasteiger partial charge in [-0.3, -0.25) is 4.79 Å². The molecule has 0 aromatic heterocycles. The van der Waals surface area contributed by atoms with Gasteiger partial charge in [-0.15, -0.1) is 0 Å². The van der Waals surface area contributed by atoms with E-state index in [1.54, 1.807) is 0 Å². The zero-order chi connectivity index (χ0) is 24.1. The lowest BCUT2D eigenvalue weighted by Gasteiger charge is -2.50. The molecule has 2 heterocycles. The van der Waals surface area contributed by atoms with Crippen molar-refractivity contribution in [2.24, 2.45) is 0 Å². The Bertz CT molecular complexity index is 1040. The Morgan fingerprint density at radius 3 is 2.00 bits per heavy atom. The predicted octanol–water partition coefficient (Wildman–Crippen LogP) is 5.71. The second kappa shape index (κ2) is 10.8. The minimum atomic E-state index is -0.306. The fourth-order valence-electron chi connectivity index (χ4n) is 6.00. The Hall–Kier alpha value is -2.95. The number of carbonyl (C=O) groups is 1. The first-order valence-corrected chi connectivity index (χ1v) is 13.0. The molecule has 4 heteroatoms. The maximum atomic E-state index is 14.4. The first-order chi connectivity index (χ1) is 17.2. The van der Waals surface area contributed by atoms with Gasteiger partial charge >= 0.3 is 0 Å². The number of hydrogen-bond acceptors (Lipinski definition) is 3. The van der Waals surface area contributed by atoms with Crippen molar-refractivity contribution in [2.45, 2.75) is 56.3 Å². The molecule has 2 atom stereocenters. The van der Waals surface area contributed by atoms with Crippen LogP contribution in [0.5, 0.6) is 0 Å². The van der Waals surface area contributed by atoms with Crippen LogP contribution in [0, 0.1) is 0 Å². The topological polar surface area (TPSA) is 41.6 Å². The molecule has 2 aliphatic heterocycles. The predicted molar refractivity (Wildman–Crippen MR) is 140 cm³/mol. The zero-order valence-electron chi connectivity index (χ0n) is 20.6. The van der Waals surface area contributed by atoms with Crippen molar-refractivity contribution < 1.29 is 9.53 Å². The second-order valence-corrected chi connectivity index (χ2v) is 9.92. The van der Waals surface area contributed by atoms with E-state index in [9.17, 15) is 4.79 Å². The van der Waals surface area contributed by atoms with Crippen LogP contribution in [0.25, 0.3) is 0 Å². The van der Waals surface area contributed by atoms with E-state index < -0.39 is 0 Å². The van der Waals surface area contributed by atoms with E-state index in [1.165, 1.54) is 5.56 Å². The summed E-state index contributed by atoms with van der Waals surface area (Å²) in [5, 5.41) is 3.49. The second-order valence-electron chi connectivity index (χ2n) is 9.92. The van der Waals surface area contributed by atoms with E-state index >= 15 is 0 Å². The summed E-state index contributed by atoms with van der Waals surface area (Å²) in [6.07, 6.45) is 3.70. The van der Waals surface area contributed by atoms with Gasteiger partial charge in [0.15, 0.2) is 0 Å². The van der Waals surface area contributed by atoms with Crippen molar-refractivity contribution in [3.8, 4) is 0 Å². The maximum absolute atomic E-state index is 14.4. The third-order valence-electron chi connectivity index (χ3n) is 7.75. The Balaban J connectivity index is 1.49. The van der Waals surface area contributed by atoms with Crippen LogP contribution in [0.1, 0.15) is 61.3 Å². The summed E-state index contributed by atoms with van der Waals surface area (Å²) >= 11 is 0. The van der Waals surface area contributed by atoms with E-state index in [0.29, 0.717) is 6.54 Å². The monoisotopic (exact) mass is 468 g/mol. The van der Waals surface area contributed by atoms with Gasteiger partial charge in [-0.25, -0.2) is 0 Å². The van der Waals surface area contributed by atoms with Gasteiger partial charge in [-0.2, -0.15) is 0 Å². The van der Waals surface area contributed by atoms with Gasteiger partial charge in [0.1, 0.15) is 0 Å². The van der Waals surface area contributed by atoms with Crippen LogP contribution in [0.4, 0.5) is 0 Å². The number of nitrogens with zero attached hydrogens (tertiary/aromatic N) is 1. The molecule has 1 amide bonds. The minimum Gasteiger partial charge on any atom is -0.367 e. The van der Waals surface area contributed by atoms with E-state index in [1.807, 2.05) is 36.4 Å². The summed E-state index contributed by atoms with van der Waals surface area (Å²) in [7, 11) is 0. The molecular formula is C31H36N2O2. The van der Waals surface area contributed by atoms with Crippen molar-refractivity contribution >= 4 is 5.91 Å².